The van der Waals surface area contributed by atoms with Gasteiger partial charge in [0, 0.05) is 23.7 Å². The second-order valence-corrected chi connectivity index (χ2v) is 5.59. The molecule has 5 heteroatoms. The van der Waals surface area contributed by atoms with Gasteiger partial charge in [0.25, 0.3) is 5.91 Å². The Morgan fingerprint density at radius 2 is 2.26 bits per heavy atom. The maximum absolute atomic E-state index is 12.5. The lowest BCUT2D eigenvalue weighted by molar-refractivity contribution is 0.0737. The summed E-state index contributed by atoms with van der Waals surface area (Å²) in [6, 6.07) is 7.25. The molecule has 0 bridgehead atoms. The molecule has 0 spiro atoms. The number of rotatable bonds is 2. The van der Waals surface area contributed by atoms with Crippen molar-refractivity contribution < 1.29 is 4.79 Å². The summed E-state index contributed by atoms with van der Waals surface area (Å²) in [5, 5.41) is 2.04. The number of carbonyl (C=O) groups is 1. The number of nitrogens with zero attached hydrogens (tertiary/aromatic N) is 1. The monoisotopic (exact) mass is 274 g/mol. The summed E-state index contributed by atoms with van der Waals surface area (Å²) in [5.74, 6) is -0.00727. The van der Waals surface area contributed by atoms with Crippen molar-refractivity contribution in [3.63, 3.8) is 0 Å². The van der Waals surface area contributed by atoms with E-state index in [2.05, 4.69) is 11.1 Å². The molecule has 2 aromatic heterocycles. The molecule has 1 aliphatic rings. The van der Waals surface area contributed by atoms with Crippen LogP contribution in [0.2, 0.25) is 0 Å². The predicted molar refractivity (Wildman–Crippen MR) is 74.4 cm³/mol. The van der Waals surface area contributed by atoms with E-state index in [1.54, 1.807) is 17.4 Å². The van der Waals surface area contributed by atoms with Crippen LogP contribution in [0, 0.1) is 0 Å². The Kier molecular flexibility index (Phi) is 3.21. The van der Waals surface area contributed by atoms with Crippen LogP contribution >= 0.6 is 11.3 Å². The minimum Gasteiger partial charge on any atom is -0.331 e. The normalized spacial score (nSPS) is 18.7. The summed E-state index contributed by atoms with van der Waals surface area (Å²) < 4.78 is 0. The number of nitrogens with one attached hydrogen (secondary N) is 1. The predicted octanol–water partition coefficient (Wildman–Crippen LogP) is 2.41. The summed E-state index contributed by atoms with van der Waals surface area (Å²) >= 11 is 1.69. The van der Waals surface area contributed by atoms with E-state index in [0.29, 0.717) is 5.56 Å². The highest BCUT2D eigenvalue weighted by atomic mass is 32.1. The van der Waals surface area contributed by atoms with Crippen molar-refractivity contribution in [2.45, 2.75) is 18.9 Å². The van der Waals surface area contributed by atoms with E-state index in [-0.39, 0.29) is 17.5 Å². The molecule has 0 aliphatic carbocycles. The van der Waals surface area contributed by atoms with Crippen LogP contribution in [0.4, 0.5) is 0 Å². The van der Waals surface area contributed by atoms with Gasteiger partial charge >= 0.3 is 0 Å². The van der Waals surface area contributed by atoms with Crippen molar-refractivity contribution in [1.82, 2.24) is 9.88 Å². The summed E-state index contributed by atoms with van der Waals surface area (Å²) in [4.78, 5) is 29.2. The number of pyridine rings is 1. The molecule has 0 saturated carbocycles. The van der Waals surface area contributed by atoms with E-state index in [1.807, 2.05) is 16.3 Å². The molecule has 19 heavy (non-hydrogen) atoms. The Bertz CT molecular complexity index is 613. The van der Waals surface area contributed by atoms with Gasteiger partial charge < -0.3 is 9.88 Å². The molecule has 1 N–H and O–H groups in total. The zero-order valence-electron chi connectivity index (χ0n) is 10.3. The maximum atomic E-state index is 12.5. The van der Waals surface area contributed by atoms with E-state index >= 15 is 0 Å². The van der Waals surface area contributed by atoms with Gasteiger partial charge in [-0.25, -0.2) is 0 Å². The molecular formula is C14H14N2O2S. The van der Waals surface area contributed by atoms with Gasteiger partial charge in [-0.15, -0.1) is 11.3 Å². The highest BCUT2D eigenvalue weighted by Gasteiger charge is 2.31. The Labute approximate surface area is 114 Å². The summed E-state index contributed by atoms with van der Waals surface area (Å²) in [6.45, 7) is 0.778. The minimum atomic E-state index is -0.187. The first-order valence-electron chi connectivity index (χ1n) is 6.29. The molecular weight excluding hydrogens is 260 g/mol. The Hall–Kier alpha value is -1.88. The van der Waals surface area contributed by atoms with Crippen LogP contribution < -0.4 is 5.56 Å². The average molecular weight is 274 g/mol. The van der Waals surface area contributed by atoms with Crippen LogP contribution in [-0.4, -0.2) is 22.3 Å². The largest absolute Gasteiger partial charge is 0.331 e. The second-order valence-electron chi connectivity index (χ2n) is 4.61. The molecule has 1 atom stereocenters. The summed E-state index contributed by atoms with van der Waals surface area (Å²) in [5.41, 5.74) is 0.357. The van der Waals surface area contributed by atoms with Crippen LogP contribution in [0.25, 0.3) is 0 Å². The number of thiophene rings is 1. The summed E-state index contributed by atoms with van der Waals surface area (Å²) in [6.07, 6.45) is 3.53. The SMILES string of the molecule is O=C(c1ccc(=O)[nH]c1)N1CCCC1c1cccs1. The Morgan fingerprint density at radius 3 is 2.95 bits per heavy atom. The van der Waals surface area contributed by atoms with E-state index in [0.717, 1.165) is 19.4 Å². The van der Waals surface area contributed by atoms with E-state index in [1.165, 1.54) is 17.1 Å². The number of hydrogen-bond acceptors (Lipinski definition) is 3. The van der Waals surface area contributed by atoms with E-state index in [9.17, 15) is 9.59 Å². The molecule has 4 nitrogen and oxygen atoms in total. The topological polar surface area (TPSA) is 53.2 Å². The third kappa shape index (κ3) is 2.33. The maximum Gasteiger partial charge on any atom is 0.255 e. The molecule has 98 valence electrons. The fourth-order valence-electron chi connectivity index (χ4n) is 2.50. The van der Waals surface area contributed by atoms with Crippen LogP contribution in [0.15, 0.2) is 40.6 Å². The first-order valence-corrected chi connectivity index (χ1v) is 7.17. The van der Waals surface area contributed by atoms with Crippen molar-refractivity contribution in [1.29, 1.82) is 0 Å². The number of hydrogen-bond donors (Lipinski definition) is 1. The standard InChI is InChI=1S/C14H14N2O2S/c17-13-6-5-10(9-15-13)14(18)16-7-1-3-11(16)12-4-2-8-19-12/h2,4-6,8-9,11H,1,3,7H2,(H,15,17). The van der Waals surface area contributed by atoms with E-state index in [4.69, 9.17) is 0 Å². The van der Waals surface area contributed by atoms with Gasteiger partial charge in [-0.3, -0.25) is 9.59 Å². The van der Waals surface area contributed by atoms with Crippen molar-refractivity contribution >= 4 is 17.2 Å². The molecule has 1 aliphatic heterocycles. The quantitative estimate of drug-likeness (QED) is 0.914. The van der Waals surface area contributed by atoms with Gasteiger partial charge in [-0.2, -0.15) is 0 Å². The minimum absolute atomic E-state index is 0.00727. The molecule has 1 fully saturated rings. The first kappa shape index (κ1) is 12.2. The number of amides is 1. The van der Waals surface area contributed by atoms with Crippen LogP contribution in [-0.2, 0) is 0 Å². The smallest absolute Gasteiger partial charge is 0.255 e. The molecule has 3 heterocycles. The molecule has 1 amide bonds. The number of carbonyl (C=O) groups excluding carboxylic acids is 1. The van der Waals surface area contributed by atoms with Gasteiger partial charge in [-0.1, -0.05) is 6.07 Å². The fourth-order valence-corrected chi connectivity index (χ4v) is 3.37. The zero-order valence-corrected chi connectivity index (χ0v) is 11.2. The third-order valence-electron chi connectivity index (χ3n) is 3.42. The van der Waals surface area contributed by atoms with Gasteiger partial charge in [0.2, 0.25) is 5.56 Å². The number of aromatic amines is 1. The number of H-pyrrole nitrogens is 1. The lowest BCUT2D eigenvalue weighted by Gasteiger charge is -2.23. The van der Waals surface area contributed by atoms with Gasteiger partial charge in [-0.05, 0) is 30.4 Å². The Balaban J connectivity index is 1.86. The lowest BCUT2D eigenvalue weighted by Crippen LogP contribution is -2.30. The fraction of sp³-hybridized carbons (Fsp3) is 0.286. The van der Waals surface area contributed by atoms with Gasteiger partial charge in [0.1, 0.15) is 0 Å². The molecule has 1 saturated heterocycles. The second kappa shape index (κ2) is 5.01. The summed E-state index contributed by atoms with van der Waals surface area (Å²) in [7, 11) is 0. The van der Waals surface area contributed by atoms with Crippen LogP contribution in [0.5, 0.6) is 0 Å². The van der Waals surface area contributed by atoms with Crippen molar-refractivity contribution in [3.05, 3.63) is 56.6 Å². The Morgan fingerprint density at radius 1 is 1.37 bits per heavy atom. The lowest BCUT2D eigenvalue weighted by atomic mass is 10.1. The van der Waals surface area contributed by atoms with E-state index < -0.39 is 0 Å². The molecule has 1 unspecified atom stereocenters. The number of aromatic nitrogens is 1. The van der Waals surface area contributed by atoms with Crippen molar-refractivity contribution in [2.75, 3.05) is 6.54 Å². The third-order valence-corrected chi connectivity index (χ3v) is 4.39. The molecule has 0 radical (unpaired) electrons. The molecule has 0 aromatic carbocycles. The molecule has 3 rings (SSSR count). The van der Waals surface area contributed by atoms with Crippen LogP contribution in [0.3, 0.4) is 0 Å². The number of likely N-dealkylation sites (tertiary alicyclic amines) is 1. The highest BCUT2D eigenvalue weighted by molar-refractivity contribution is 7.10. The van der Waals surface area contributed by atoms with Crippen LogP contribution in [0.1, 0.15) is 34.1 Å². The van der Waals surface area contributed by atoms with Crippen molar-refractivity contribution in [2.24, 2.45) is 0 Å². The average Bonchev–Trinajstić information content (AvgIpc) is 3.09. The highest BCUT2D eigenvalue weighted by Crippen LogP contribution is 2.35. The van der Waals surface area contributed by atoms with Gasteiger partial charge in [0.15, 0.2) is 0 Å². The van der Waals surface area contributed by atoms with Crippen molar-refractivity contribution in [3.8, 4) is 0 Å². The van der Waals surface area contributed by atoms with Gasteiger partial charge in [0.05, 0.1) is 11.6 Å². The molecule has 2 aromatic rings. The first-order chi connectivity index (χ1) is 9.25. The zero-order chi connectivity index (χ0) is 13.2.